The Morgan fingerprint density at radius 1 is 1.47 bits per heavy atom. The monoisotopic (exact) mass is 266 g/mol. The number of allylic oxidation sites excluding steroid dienone is 1. The van der Waals surface area contributed by atoms with E-state index < -0.39 is 23.2 Å². The summed E-state index contributed by atoms with van der Waals surface area (Å²) in [7, 11) is 0. The summed E-state index contributed by atoms with van der Waals surface area (Å²) in [6.45, 7) is 5.00. The molecule has 5 heteroatoms. The third-order valence-electron chi connectivity index (χ3n) is 2.77. The van der Waals surface area contributed by atoms with E-state index in [0.29, 0.717) is 0 Å². The van der Waals surface area contributed by atoms with Crippen LogP contribution >= 0.6 is 0 Å². The van der Waals surface area contributed by atoms with Crippen LogP contribution in [0.25, 0.3) is 0 Å². The van der Waals surface area contributed by atoms with Crippen LogP contribution in [0, 0.1) is 5.82 Å². The second-order valence-corrected chi connectivity index (χ2v) is 3.90. The summed E-state index contributed by atoms with van der Waals surface area (Å²) in [5, 5.41) is 9.41. The zero-order valence-electron chi connectivity index (χ0n) is 10.6. The fourth-order valence-electron chi connectivity index (χ4n) is 1.87. The van der Waals surface area contributed by atoms with Crippen LogP contribution in [0.1, 0.15) is 18.9 Å². The quantitative estimate of drug-likeness (QED) is 0.487. The smallest absolute Gasteiger partial charge is 0.328 e. The molecule has 0 heterocycles. The number of carboxylic acids is 1. The number of carbonyl (C=O) groups excluding carboxylic acids is 1. The lowest BCUT2D eigenvalue weighted by molar-refractivity contribution is -0.161. The molecule has 0 amide bonds. The Balaban J connectivity index is 3.48. The van der Waals surface area contributed by atoms with Gasteiger partial charge < -0.3 is 9.84 Å². The Morgan fingerprint density at radius 3 is 2.58 bits per heavy atom. The van der Waals surface area contributed by atoms with Crippen LogP contribution < -0.4 is 0 Å². The Morgan fingerprint density at radius 2 is 2.11 bits per heavy atom. The standard InChI is InChI=1S/C14H15FO4/c1-3-9-14(12(16)17,13(18)19-4-2)10-7-5-6-8-11(10)15/h3,5-8H,1,4,9H2,2H3,(H,16,17). The lowest BCUT2D eigenvalue weighted by Crippen LogP contribution is -2.45. The van der Waals surface area contributed by atoms with E-state index in [1.807, 2.05) is 0 Å². The lowest BCUT2D eigenvalue weighted by atomic mass is 9.77. The molecule has 1 unspecified atom stereocenters. The van der Waals surface area contributed by atoms with Crippen LogP contribution in [0.2, 0.25) is 0 Å². The number of aliphatic carboxylic acids is 1. The largest absolute Gasteiger partial charge is 0.480 e. The molecule has 0 aliphatic carbocycles. The van der Waals surface area contributed by atoms with Gasteiger partial charge in [-0.1, -0.05) is 24.3 Å². The molecule has 0 aromatic heterocycles. The molecule has 1 aromatic rings. The zero-order valence-corrected chi connectivity index (χ0v) is 10.6. The molecule has 0 radical (unpaired) electrons. The highest BCUT2D eigenvalue weighted by atomic mass is 19.1. The van der Waals surface area contributed by atoms with E-state index in [1.54, 1.807) is 6.92 Å². The molecule has 1 N–H and O–H groups in total. The molecule has 1 aromatic carbocycles. The van der Waals surface area contributed by atoms with E-state index in [2.05, 4.69) is 6.58 Å². The molecule has 102 valence electrons. The van der Waals surface area contributed by atoms with Gasteiger partial charge in [-0.05, 0) is 19.4 Å². The molecule has 4 nitrogen and oxygen atoms in total. The summed E-state index contributed by atoms with van der Waals surface area (Å²) >= 11 is 0. The van der Waals surface area contributed by atoms with Crippen molar-refractivity contribution >= 4 is 11.9 Å². The Kier molecular flexibility index (Phi) is 4.80. The van der Waals surface area contributed by atoms with Crippen molar-refractivity contribution in [2.45, 2.75) is 18.8 Å². The molecule has 0 saturated heterocycles. The van der Waals surface area contributed by atoms with Crippen LogP contribution in [0.5, 0.6) is 0 Å². The van der Waals surface area contributed by atoms with Crippen molar-refractivity contribution in [3.05, 3.63) is 48.3 Å². The first-order valence-corrected chi connectivity index (χ1v) is 5.77. The number of carbonyl (C=O) groups is 2. The first kappa shape index (κ1) is 14.9. The minimum absolute atomic E-state index is 0.0134. The van der Waals surface area contributed by atoms with Gasteiger partial charge in [-0.15, -0.1) is 6.58 Å². The highest BCUT2D eigenvalue weighted by Gasteiger charge is 2.50. The molecule has 0 bridgehead atoms. The van der Waals surface area contributed by atoms with Crippen LogP contribution in [-0.4, -0.2) is 23.7 Å². The fourth-order valence-corrected chi connectivity index (χ4v) is 1.87. The van der Waals surface area contributed by atoms with Gasteiger partial charge in [0.05, 0.1) is 6.61 Å². The molecule has 0 aliphatic heterocycles. The normalized spacial score (nSPS) is 13.4. The Bertz CT molecular complexity index is 498. The first-order valence-electron chi connectivity index (χ1n) is 5.77. The van der Waals surface area contributed by atoms with Gasteiger partial charge in [-0.2, -0.15) is 0 Å². The van der Waals surface area contributed by atoms with Gasteiger partial charge in [0.1, 0.15) is 5.82 Å². The molecule has 1 rings (SSSR count). The lowest BCUT2D eigenvalue weighted by Gasteiger charge is -2.26. The summed E-state index contributed by atoms with van der Waals surface area (Å²) in [5.41, 5.74) is -2.32. The molecule has 0 spiro atoms. The van der Waals surface area contributed by atoms with Gasteiger partial charge in [-0.3, -0.25) is 9.59 Å². The average molecular weight is 266 g/mol. The van der Waals surface area contributed by atoms with E-state index >= 15 is 0 Å². The van der Waals surface area contributed by atoms with E-state index in [1.165, 1.54) is 24.3 Å². The maximum Gasteiger partial charge on any atom is 0.328 e. The van der Waals surface area contributed by atoms with Gasteiger partial charge in [0.2, 0.25) is 0 Å². The first-order chi connectivity index (χ1) is 9.00. The average Bonchev–Trinajstić information content (AvgIpc) is 2.36. The summed E-state index contributed by atoms with van der Waals surface area (Å²) in [6.07, 6.45) is 1.01. The van der Waals surface area contributed by atoms with E-state index in [-0.39, 0.29) is 18.6 Å². The topological polar surface area (TPSA) is 63.6 Å². The van der Waals surface area contributed by atoms with Crippen molar-refractivity contribution in [2.75, 3.05) is 6.61 Å². The van der Waals surface area contributed by atoms with Crippen LogP contribution in [0.4, 0.5) is 4.39 Å². The third-order valence-corrected chi connectivity index (χ3v) is 2.77. The second kappa shape index (κ2) is 6.13. The van der Waals surface area contributed by atoms with Crippen LogP contribution in [0.15, 0.2) is 36.9 Å². The van der Waals surface area contributed by atoms with Gasteiger partial charge in [0.15, 0.2) is 5.41 Å². The number of esters is 1. The van der Waals surface area contributed by atoms with Crippen molar-refractivity contribution < 1.29 is 23.8 Å². The van der Waals surface area contributed by atoms with E-state index in [4.69, 9.17) is 4.74 Å². The Hall–Kier alpha value is -2.17. The molecule has 19 heavy (non-hydrogen) atoms. The minimum atomic E-state index is -2.09. The maximum atomic E-state index is 13.9. The van der Waals surface area contributed by atoms with Gasteiger partial charge >= 0.3 is 11.9 Å². The number of hydrogen-bond acceptors (Lipinski definition) is 3. The number of hydrogen-bond donors (Lipinski definition) is 1. The van der Waals surface area contributed by atoms with Crippen LogP contribution in [0.3, 0.4) is 0 Å². The predicted octanol–water partition coefficient (Wildman–Crippen LogP) is 2.29. The zero-order chi connectivity index (χ0) is 14.5. The number of rotatable bonds is 6. The minimum Gasteiger partial charge on any atom is -0.480 e. The van der Waals surface area contributed by atoms with Crippen molar-refractivity contribution in [1.29, 1.82) is 0 Å². The third kappa shape index (κ3) is 2.65. The van der Waals surface area contributed by atoms with Crippen molar-refractivity contribution in [3.63, 3.8) is 0 Å². The number of halogens is 1. The number of benzene rings is 1. The summed E-state index contributed by atoms with van der Waals surface area (Å²) < 4.78 is 18.7. The van der Waals surface area contributed by atoms with Gasteiger partial charge in [0, 0.05) is 5.56 Å². The molecule has 0 fully saturated rings. The van der Waals surface area contributed by atoms with Crippen molar-refractivity contribution in [3.8, 4) is 0 Å². The highest BCUT2D eigenvalue weighted by molar-refractivity contribution is 6.05. The highest BCUT2D eigenvalue weighted by Crippen LogP contribution is 2.32. The van der Waals surface area contributed by atoms with E-state index in [9.17, 15) is 19.1 Å². The van der Waals surface area contributed by atoms with E-state index in [0.717, 1.165) is 6.07 Å². The Labute approximate surface area is 110 Å². The summed E-state index contributed by atoms with van der Waals surface area (Å²) in [5.74, 6) is -3.22. The van der Waals surface area contributed by atoms with Gasteiger partial charge in [-0.25, -0.2) is 4.39 Å². The summed E-state index contributed by atoms with van der Waals surface area (Å²) in [4.78, 5) is 23.6. The van der Waals surface area contributed by atoms with Gasteiger partial charge in [0.25, 0.3) is 0 Å². The SMILES string of the molecule is C=CCC(C(=O)O)(C(=O)OCC)c1ccccc1F. The van der Waals surface area contributed by atoms with Crippen molar-refractivity contribution in [1.82, 2.24) is 0 Å². The van der Waals surface area contributed by atoms with Crippen LogP contribution in [-0.2, 0) is 19.7 Å². The molecule has 1 atom stereocenters. The fraction of sp³-hybridized carbons (Fsp3) is 0.286. The molecule has 0 saturated carbocycles. The molecule has 0 aliphatic rings. The number of ether oxygens (including phenoxy) is 1. The number of carboxylic acid groups (broad SMARTS) is 1. The molecular formula is C14H15FO4. The second-order valence-electron chi connectivity index (χ2n) is 3.90. The predicted molar refractivity (Wildman–Crippen MR) is 67.2 cm³/mol. The summed E-state index contributed by atoms with van der Waals surface area (Å²) in [6, 6.07) is 5.27. The van der Waals surface area contributed by atoms with Crippen molar-refractivity contribution in [2.24, 2.45) is 0 Å². The maximum absolute atomic E-state index is 13.9. The molecular weight excluding hydrogens is 251 g/mol.